The summed E-state index contributed by atoms with van der Waals surface area (Å²) >= 11 is 5.01. The first kappa shape index (κ1) is 13.8. The smallest absolute Gasteiger partial charge is 0.234 e. The van der Waals surface area contributed by atoms with Crippen LogP contribution in [0, 0.1) is 6.92 Å². The van der Waals surface area contributed by atoms with Crippen LogP contribution in [0.3, 0.4) is 0 Å². The minimum Gasteiger partial charge on any atom is -1.00 e. The molecular weight excluding hydrogens is 429 g/mol. The highest BCUT2D eigenvalue weighted by molar-refractivity contribution is 9.10. The number of nitrogens with zero attached hydrogens (tertiary/aromatic N) is 5. The Hall–Kier alpha value is -0.610. The van der Waals surface area contributed by atoms with Gasteiger partial charge in [-0.25, -0.2) is 4.57 Å². The van der Waals surface area contributed by atoms with Gasteiger partial charge < -0.3 is 24.0 Å². The lowest BCUT2D eigenvalue weighted by Gasteiger charge is -1.94. The van der Waals surface area contributed by atoms with E-state index in [0.717, 1.165) is 25.8 Å². The molecule has 8 heteroatoms. The molecule has 3 aromatic rings. The minimum absolute atomic E-state index is 0. The summed E-state index contributed by atoms with van der Waals surface area (Å²) in [4.78, 5) is 0.820. The van der Waals surface area contributed by atoms with E-state index in [1.807, 2.05) is 37.0 Å². The summed E-state index contributed by atoms with van der Waals surface area (Å²) in [5, 5.41) is 13.5. The van der Waals surface area contributed by atoms with Crippen LogP contribution in [0.15, 0.2) is 22.9 Å². The maximum Gasteiger partial charge on any atom is 0.234 e. The highest BCUT2D eigenvalue weighted by Gasteiger charge is 2.13. The van der Waals surface area contributed by atoms with Gasteiger partial charge in [-0.05, 0) is 28.9 Å². The Bertz CT molecular complexity index is 687. The van der Waals surface area contributed by atoms with Gasteiger partial charge in [0.1, 0.15) is 7.05 Å². The molecule has 0 aliphatic rings. The number of fused-ring (bicyclic) bond motifs is 1. The van der Waals surface area contributed by atoms with Gasteiger partial charge in [-0.2, -0.15) is 9.61 Å². The molecule has 0 atom stereocenters. The topological polar surface area (TPSA) is 47.0 Å². The van der Waals surface area contributed by atoms with Crippen molar-refractivity contribution in [2.75, 3.05) is 0 Å². The molecule has 0 saturated heterocycles. The lowest BCUT2D eigenvalue weighted by Crippen LogP contribution is -3.00. The van der Waals surface area contributed by atoms with Crippen LogP contribution in [0.5, 0.6) is 0 Å². The number of aryl methyl sites for hydroxylation is 2. The number of hydrogen-bond acceptors (Lipinski definition) is 4. The zero-order chi connectivity index (χ0) is 12.0. The van der Waals surface area contributed by atoms with E-state index in [0.29, 0.717) is 0 Å². The van der Waals surface area contributed by atoms with Gasteiger partial charge in [-0.3, -0.25) is 0 Å². The average Bonchev–Trinajstić information content (AvgIpc) is 2.80. The van der Waals surface area contributed by atoms with Crippen molar-refractivity contribution in [3.05, 3.63) is 28.8 Å². The lowest BCUT2D eigenvalue weighted by molar-refractivity contribution is -0.671. The number of aromatic nitrogens is 5. The van der Waals surface area contributed by atoms with Crippen LogP contribution in [-0.4, -0.2) is 19.8 Å². The van der Waals surface area contributed by atoms with Gasteiger partial charge in [0, 0.05) is 0 Å². The zero-order valence-electron chi connectivity index (χ0n) is 9.63. The van der Waals surface area contributed by atoms with Gasteiger partial charge in [-0.15, -0.1) is 10.2 Å². The van der Waals surface area contributed by atoms with E-state index in [2.05, 4.69) is 31.2 Å². The van der Waals surface area contributed by atoms with Crippen molar-refractivity contribution in [1.29, 1.82) is 0 Å². The first-order chi connectivity index (χ1) is 8.13. The molecule has 0 spiro atoms. The number of hydrogen-bond donors (Lipinski definition) is 0. The van der Waals surface area contributed by atoms with Crippen LogP contribution in [0.4, 0.5) is 0 Å². The summed E-state index contributed by atoms with van der Waals surface area (Å²) in [7, 11) is 1.99. The van der Waals surface area contributed by atoms with Crippen LogP contribution in [0.1, 0.15) is 5.82 Å². The molecule has 5 nitrogen and oxygen atoms in total. The second-order valence-corrected chi connectivity index (χ2v) is 5.63. The first-order valence-electron chi connectivity index (χ1n) is 4.98. The average molecular weight is 438 g/mol. The van der Waals surface area contributed by atoms with Crippen molar-refractivity contribution < 1.29 is 28.5 Å². The van der Waals surface area contributed by atoms with Crippen LogP contribution in [0.2, 0.25) is 0 Å². The van der Waals surface area contributed by atoms with Crippen molar-refractivity contribution in [2.24, 2.45) is 7.05 Å². The third-order valence-electron chi connectivity index (χ3n) is 2.36. The van der Waals surface area contributed by atoms with Crippen molar-refractivity contribution in [3.63, 3.8) is 0 Å². The van der Waals surface area contributed by atoms with Gasteiger partial charge in [0.05, 0.1) is 10.0 Å². The molecule has 0 bridgehead atoms. The zero-order valence-corrected chi connectivity index (χ0v) is 14.2. The molecule has 94 valence electrons. The number of pyridine rings is 1. The maximum atomic E-state index is 4.50. The molecule has 0 amide bonds. The van der Waals surface area contributed by atoms with Crippen LogP contribution in [0.25, 0.3) is 15.5 Å². The fraction of sp³-hybridized carbons (Fsp3) is 0.200. The predicted molar refractivity (Wildman–Crippen MR) is 67.7 cm³/mol. The van der Waals surface area contributed by atoms with E-state index in [1.165, 1.54) is 11.3 Å². The monoisotopic (exact) mass is 437 g/mol. The fourth-order valence-corrected chi connectivity index (χ4v) is 3.06. The first-order valence-corrected chi connectivity index (χ1v) is 6.59. The van der Waals surface area contributed by atoms with Crippen LogP contribution in [-0.2, 0) is 7.05 Å². The van der Waals surface area contributed by atoms with Crippen molar-refractivity contribution in [1.82, 2.24) is 19.8 Å². The number of rotatable bonds is 1. The van der Waals surface area contributed by atoms with E-state index in [4.69, 9.17) is 0 Å². The Balaban J connectivity index is 0.00000120. The van der Waals surface area contributed by atoms with E-state index >= 15 is 0 Å². The molecule has 0 fully saturated rings. The van der Waals surface area contributed by atoms with Crippen molar-refractivity contribution in [2.45, 2.75) is 6.92 Å². The molecule has 0 unspecified atom stereocenters. The van der Waals surface area contributed by atoms with Gasteiger partial charge in [-0.1, -0.05) is 11.3 Å². The SMILES string of the molecule is Cc1nnc2sc(-c3cc(Br)c[n+](C)c3)nn12.[I-]. The third kappa shape index (κ3) is 2.41. The highest BCUT2D eigenvalue weighted by Crippen LogP contribution is 2.25. The molecule has 0 radical (unpaired) electrons. The van der Waals surface area contributed by atoms with Gasteiger partial charge in [0.2, 0.25) is 4.96 Å². The Morgan fingerprint density at radius 3 is 2.78 bits per heavy atom. The van der Waals surface area contributed by atoms with E-state index in [1.54, 1.807) is 4.52 Å². The molecule has 0 saturated carbocycles. The number of halogens is 2. The van der Waals surface area contributed by atoms with Crippen molar-refractivity contribution >= 4 is 32.2 Å². The van der Waals surface area contributed by atoms with Gasteiger partial charge >= 0.3 is 0 Å². The normalized spacial score (nSPS) is 10.6. The largest absolute Gasteiger partial charge is 1.00 e. The molecule has 0 aliphatic heterocycles. The Labute approximate surface area is 133 Å². The molecular formula is C10H9BrIN5S. The van der Waals surface area contributed by atoms with Crippen LogP contribution >= 0.6 is 27.3 Å². The minimum atomic E-state index is 0. The molecule has 0 aromatic carbocycles. The molecule has 3 aromatic heterocycles. The summed E-state index contributed by atoms with van der Waals surface area (Å²) in [6.07, 6.45) is 4.03. The molecule has 3 rings (SSSR count). The second-order valence-electron chi connectivity index (χ2n) is 3.76. The summed E-state index contributed by atoms with van der Waals surface area (Å²) in [5.74, 6) is 0.807. The Morgan fingerprint density at radius 2 is 2.11 bits per heavy atom. The third-order valence-corrected chi connectivity index (χ3v) is 3.74. The molecule has 0 aliphatic carbocycles. The summed E-state index contributed by atoms with van der Waals surface area (Å²) in [6.45, 7) is 1.89. The molecule has 0 N–H and O–H groups in total. The summed E-state index contributed by atoms with van der Waals surface area (Å²) in [6, 6.07) is 2.04. The molecule has 3 heterocycles. The van der Waals surface area contributed by atoms with E-state index in [9.17, 15) is 0 Å². The summed E-state index contributed by atoms with van der Waals surface area (Å²) in [5.41, 5.74) is 1.07. The summed E-state index contributed by atoms with van der Waals surface area (Å²) < 4.78 is 4.79. The van der Waals surface area contributed by atoms with E-state index in [-0.39, 0.29) is 24.0 Å². The van der Waals surface area contributed by atoms with Gasteiger partial charge in [0.15, 0.2) is 23.2 Å². The second kappa shape index (κ2) is 5.17. The van der Waals surface area contributed by atoms with E-state index < -0.39 is 0 Å². The lowest BCUT2D eigenvalue weighted by atomic mass is 10.3. The van der Waals surface area contributed by atoms with Gasteiger partial charge in [0.25, 0.3) is 0 Å². The highest BCUT2D eigenvalue weighted by atomic mass is 127. The quantitative estimate of drug-likeness (QED) is 0.353. The predicted octanol–water partition coefficient (Wildman–Crippen LogP) is -1.25. The standard InChI is InChI=1S/C10H9BrN5S.HI/c1-6-12-13-10-16(6)14-9(17-10)7-3-8(11)5-15(2)4-7;/h3-5H,1-2H3;1H/q+1;/p-1. The molecule has 18 heavy (non-hydrogen) atoms. The van der Waals surface area contributed by atoms with Crippen molar-refractivity contribution in [3.8, 4) is 10.6 Å². The fourth-order valence-electron chi connectivity index (χ4n) is 1.62. The maximum absolute atomic E-state index is 4.50. The van der Waals surface area contributed by atoms with Crippen LogP contribution < -0.4 is 28.5 Å². The Morgan fingerprint density at radius 1 is 1.33 bits per heavy atom. The Kier molecular flexibility index (Phi) is 3.97.